The summed E-state index contributed by atoms with van der Waals surface area (Å²) in [5, 5.41) is 0. The molecule has 3 heteroatoms. The second-order valence-corrected chi connectivity index (χ2v) is 3.14. The van der Waals surface area contributed by atoms with Crippen LogP contribution in [0.2, 0.25) is 0 Å². The van der Waals surface area contributed by atoms with Crippen molar-refractivity contribution in [1.82, 2.24) is 0 Å². The second-order valence-electron chi connectivity index (χ2n) is 3.14. The first-order chi connectivity index (χ1) is 4.90. The minimum absolute atomic E-state index is 0.227. The molecule has 0 unspecified atom stereocenters. The van der Waals surface area contributed by atoms with Gasteiger partial charge in [-0.25, -0.2) is 4.79 Å². The van der Waals surface area contributed by atoms with E-state index in [9.17, 15) is 4.79 Å². The minimum Gasteiger partial charge on any atom is -0.272 e. The van der Waals surface area contributed by atoms with E-state index in [1.807, 2.05) is 27.9 Å². The van der Waals surface area contributed by atoms with Crippen molar-refractivity contribution < 1.29 is 14.3 Å². The SMILES string of the molecule is C=CC(=O)O[N+](C)(C)C(C)C. The molecule has 0 bridgehead atoms. The zero-order valence-electron chi connectivity index (χ0n) is 7.63. The quantitative estimate of drug-likeness (QED) is 0.349. The lowest BCUT2D eigenvalue weighted by molar-refractivity contribution is -1.08. The van der Waals surface area contributed by atoms with E-state index in [2.05, 4.69) is 6.58 Å². The van der Waals surface area contributed by atoms with Gasteiger partial charge in [0.05, 0.1) is 0 Å². The Bertz CT molecular complexity index is 161. The molecule has 0 saturated heterocycles. The van der Waals surface area contributed by atoms with Crippen LogP contribution in [0.3, 0.4) is 0 Å². The normalized spacial score (nSPS) is 11.4. The van der Waals surface area contributed by atoms with Gasteiger partial charge < -0.3 is 0 Å². The summed E-state index contributed by atoms with van der Waals surface area (Å²) < 4.78 is 0.227. The lowest BCUT2D eigenvalue weighted by Gasteiger charge is -2.29. The van der Waals surface area contributed by atoms with Crippen LogP contribution in [0.1, 0.15) is 13.8 Å². The Kier molecular flexibility index (Phi) is 3.26. The van der Waals surface area contributed by atoms with Crippen molar-refractivity contribution in [2.24, 2.45) is 0 Å². The first kappa shape index (κ1) is 10.2. The Morgan fingerprint density at radius 3 is 2.27 bits per heavy atom. The lowest BCUT2D eigenvalue weighted by Crippen LogP contribution is -2.46. The molecule has 0 aliphatic carbocycles. The Balaban J connectivity index is 4.11. The number of carbonyl (C=O) groups excluding carboxylic acids is 1. The molecular formula is C8H16NO2+. The lowest BCUT2D eigenvalue weighted by atomic mass is 10.4. The molecule has 3 nitrogen and oxygen atoms in total. The first-order valence-electron chi connectivity index (χ1n) is 3.60. The average molecular weight is 158 g/mol. The smallest absolute Gasteiger partial charge is 0.272 e. The Morgan fingerprint density at radius 1 is 1.55 bits per heavy atom. The molecule has 0 aliphatic heterocycles. The van der Waals surface area contributed by atoms with Crippen LogP contribution >= 0.6 is 0 Å². The monoisotopic (exact) mass is 158 g/mol. The zero-order chi connectivity index (χ0) is 9.07. The molecule has 0 fully saturated rings. The van der Waals surface area contributed by atoms with E-state index in [1.54, 1.807) is 0 Å². The van der Waals surface area contributed by atoms with Gasteiger partial charge in [0.1, 0.15) is 20.1 Å². The van der Waals surface area contributed by atoms with Crippen molar-refractivity contribution >= 4 is 5.97 Å². The van der Waals surface area contributed by atoms with Gasteiger partial charge in [-0.05, 0) is 13.8 Å². The molecular weight excluding hydrogens is 142 g/mol. The third-order valence-electron chi connectivity index (χ3n) is 1.74. The number of nitrogens with zero attached hydrogens (tertiary/aromatic N) is 1. The van der Waals surface area contributed by atoms with Gasteiger partial charge in [-0.15, -0.1) is 4.65 Å². The largest absolute Gasteiger partial charge is 0.389 e. The predicted molar refractivity (Wildman–Crippen MR) is 43.5 cm³/mol. The molecule has 0 N–H and O–H groups in total. The van der Waals surface area contributed by atoms with Crippen LogP contribution in [0.5, 0.6) is 0 Å². The van der Waals surface area contributed by atoms with E-state index in [1.165, 1.54) is 6.08 Å². The second kappa shape index (κ2) is 3.53. The van der Waals surface area contributed by atoms with E-state index < -0.39 is 0 Å². The standard InChI is InChI=1S/C8H16NO2/c1-6-8(10)11-9(4,5)7(2)3/h6-7H,1H2,2-5H3/q+1. The Labute approximate surface area is 67.8 Å². The summed E-state index contributed by atoms with van der Waals surface area (Å²) in [6.07, 6.45) is 1.17. The van der Waals surface area contributed by atoms with E-state index in [0.717, 1.165) is 0 Å². The molecule has 64 valence electrons. The number of hydroxylamine groups is 3. The highest BCUT2D eigenvalue weighted by atomic mass is 16.7. The van der Waals surface area contributed by atoms with Gasteiger partial charge in [0.15, 0.2) is 0 Å². The summed E-state index contributed by atoms with van der Waals surface area (Å²) in [6.45, 7) is 7.28. The molecule has 0 spiro atoms. The number of rotatable bonds is 3. The molecule has 0 rings (SSSR count). The van der Waals surface area contributed by atoms with E-state index in [0.29, 0.717) is 0 Å². The van der Waals surface area contributed by atoms with Gasteiger partial charge in [0.2, 0.25) is 0 Å². The third-order valence-corrected chi connectivity index (χ3v) is 1.74. The molecule has 0 aliphatic rings. The summed E-state index contributed by atoms with van der Waals surface area (Å²) in [4.78, 5) is 15.8. The zero-order valence-corrected chi connectivity index (χ0v) is 7.63. The van der Waals surface area contributed by atoms with Crippen LogP contribution in [-0.2, 0) is 9.63 Å². The van der Waals surface area contributed by atoms with Crippen LogP contribution in [0.15, 0.2) is 12.7 Å². The van der Waals surface area contributed by atoms with Crippen molar-refractivity contribution in [1.29, 1.82) is 0 Å². The van der Waals surface area contributed by atoms with Gasteiger partial charge in [-0.2, -0.15) is 0 Å². The van der Waals surface area contributed by atoms with Gasteiger partial charge in [-0.1, -0.05) is 6.58 Å². The summed E-state index contributed by atoms with van der Waals surface area (Å²) in [7, 11) is 3.65. The molecule has 0 atom stereocenters. The predicted octanol–water partition coefficient (Wildman–Crippen LogP) is 1.12. The third kappa shape index (κ3) is 3.18. The van der Waals surface area contributed by atoms with Crippen molar-refractivity contribution in [3.8, 4) is 0 Å². The van der Waals surface area contributed by atoms with Crippen LogP contribution in [0.25, 0.3) is 0 Å². The molecule has 0 aromatic carbocycles. The topological polar surface area (TPSA) is 26.3 Å². The summed E-state index contributed by atoms with van der Waals surface area (Å²) in [6, 6.07) is 0.249. The minimum atomic E-state index is -0.385. The van der Waals surface area contributed by atoms with E-state index >= 15 is 0 Å². The van der Waals surface area contributed by atoms with Crippen LogP contribution < -0.4 is 0 Å². The van der Waals surface area contributed by atoms with Crippen LogP contribution in [0, 0.1) is 0 Å². The highest BCUT2D eigenvalue weighted by molar-refractivity contribution is 5.80. The molecule has 0 saturated carbocycles. The van der Waals surface area contributed by atoms with E-state index in [-0.39, 0.29) is 16.7 Å². The van der Waals surface area contributed by atoms with Crippen LogP contribution in [-0.4, -0.2) is 30.8 Å². The molecule has 0 aromatic heterocycles. The van der Waals surface area contributed by atoms with E-state index in [4.69, 9.17) is 4.84 Å². The van der Waals surface area contributed by atoms with Gasteiger partial charge in [0.25, 0.3) is 0 Å². The summed E-state index contributed by atoms with van der Waals surface area (Å²) >= 11 is 0. The van der Waals surface area contributed by atoms with Crippen molar-refractivity contribution in [2.75, 3.05) is 14.1 Å². The Morgan fingerprint density at radius 2 is 2.00 bits per heavy atom. The average Bonchev–Trinajstić information content (AvgIpc) is 1.86. The van der Waals surface area contributed by atoms with Crippen molar-refractivity contribution in [2.45, 2.75) is 19.9 Å². The highest BCUT2D eigenvalue weighted by Gasteiger charge is 2.24. The number of hydrogen-bond donors (Lipinski definition) is 0. The number of carbonyl (C=O) groups is 1. The molecule has 0 heterocycles. The highest BCUT2D eigenvalue weighted by Crippen LogP contribution is 2.06. The van der Waals surface area contributed by atoms with Gasteiger partial charge >= 0.3 is 5.97 Å². The fraction of sp³-hybridized carbons (Fsp3) is 0.625. The molecule has 0 radical (unpaired) electrons. The number of quaternary nitrogens is 1. The molecule has 11 heavy (non-hydrogen) atoms. The van der Waals surface area contributed by atoms with Crippen molar-refractivity contribution in [3.63, 3.8) is 0 Å². The fourth-order valence-corrected chi connectivity index (χ4v) is 0.375. The maximum atomic E-state index is 10.8. The summed E-state index contributed by atoms with van der Waals surface area (Å²) in [5.41, 5.74) is 0. The fourth-order valence-electron chi connectivity index (χ4n) is 0.375. The van der Waals surface area contributed by atoms with Gasteiger partial charge in [0, 0.05) is 6.08 Å². The molecule has 0 aromatic rings. The number of hydrogen-bond acceptors (Lipinski definition) is 2. The summed E-state index contributed by atoms with van der Waals surface area (Å²) in [5.74, 6) is -0.385. The Hall–Kier alpha value is -0.830. The molecule has 0 amide bonds. The first-order valence-corrected chi connectivity index (χ1v) is 3.60. The maximum absolute atomic E-state index is 10.8. The van der Waals surface area contributed by atoms with Gasteiger partial charge in [-0.3, -0.25) is 4.84 Å². The van der Waals surface area contributed by atoms with Crippen LogP contribution in [0.4, 0.5) is 0 Å². The maximum Gasteiger partial charge on any atom is 0.389 e. The van der Waals surface area contributed by atoms with Crippen molar-refractivity contribution in [3.05, 3.63) is 12.7 Å².